The summed E-state index contributed by atoms with van der Waals surface area (Å²) < 4.78 is 2.04. The molecule has 1 aromatic heterocycles. The van der Waals surface area contributed by atoms with Crippen molar-refractivity contribution in [2.45, 2.75) is 45.6 Å². The Kier molecular flexibility index (Phi) is 3.06. The van der Waals surface area contributed by atoms with E-state index >= 15 is 0 Å². The van der Waals surface area contributed by atoms with Crippen molar-refractivity contribution in [1.82, 2.24) is 14.7 Å². The molecule has 0 radical (unpaired) electrons. The summed E-state index contributed by atoms with van der Waals surface area (Å²) in [4.78, 5) is 2.53. The number of hydrogen-bond donors (Lipinski definition) is 0. The molecule has 1 saturated heterocycles. The predicted molar refractivity (Wildman–Crippen MR) is 66.4 cm³/mol. The summed E-state index contributed by atoms with van der Waals surface area (Å²) in [6, 6.07) is 0. The van der Waals surface area contributed by atoms with Gasteiger partial charge in [-0.2, -0.15) is 5.10 Å². The summed E-state index contributed by atoms with van der Waals surface area (Å²) in [5, 5.41) is 4.42. The molecule has 0 saturated carbocycles. The van der Waals surface area contributed by atoms with Crippen LogP contribution >= 0.6 is 0 Å². The summed E-state index contributed by atoms with van der Waals surface area (Å²) in [5.74, 6) is 0. The van der Waals surface area contributed by atoms with E-state index in [0.29, 0.717) is 0 Å². The highest BCUT2D eigenvalue weighted by Crippen LogP contribution is 2.26. The van der Waals surface area contributed by atoms with Gasteiger partial charge in [0, 0.05) is 13.6 Å². The van der Waals surface area contributed by atoms with Gasteiger partial charge >= 0.3 is 0 Å². The second-order valence-corrected chi connectivity index (χ2v) is 5.86. The fourth-order valence-corrected chi connectivity index (χ4v) is 2.43. The molecule has 1 aliphatic heterocycles. The van der Waals surface area contributed by atoms with Crippen molar-refractivity contribution in [2.24, 2.45) is 7.05 Å². The molecular formula is C13H23N3. The molecule has 2 rings (SSSR count). The molecule has 0 unspecified atom stereocenters. The van der Waals surface area contributed by atoms with Crippen LogP contribution in [0.2, 0.25) is 0 Å². The monoisotopic (exact) mass is 221 g/mol. The van der Waals surface area contributed by atoms with Gasteiger partial charge in [0.15, 0.2) is 0 Å². The van der Waals surface area contributed by atoms with Crippen LogP contribution in [-0.4, -0.2) is 27.8 Å². The van der Waals surface area contributed by atoms with Gasteiger partial charge < -0.3 is 0 Å². The molecule has 0 atom stereocenters. The maximum absolute atomic E-state index is 4.42. The van der Waals surface area contributed by atoms with Crippen molar-refractivity contribution in [2.75, 3.05) is 13.1 Å². The normalized spacial score (nSPS) is 18.2. The summed E-state index contributed by atoms with van der Waals surface area (Å²) in [6.45, 7) is 10.3. The van der Waals surface area contributed by atoms with Crippen LogP contribution < -0.4 is 0 Å². The molecule has 1 aliphatic rings. The molecule has 1 aromatic rings. The summed E-state index contributed by atoms with van der Waals surface area (Å²) in [6.07, 6.45) is 4.73. The predicted octanol–water partition coefficient (Wildman–Crippen LogP) is 2.31. The molecule has 16 heavy (non-hydrogen) atoms. The van der Waals surface area contributed by atoms with Gasteiger partial charge in [-0.1, -0.05) is 20.8 Å². The van der Waals surface area contributed by atoms with E-state index in [-0.39, 0.29) is 5.41 Å². The first-order valence-electron chi connectivity index (χ1n) is 6.22. The molecule has 0 bridgehead atoms. The van der Waals surface area contributed by atoms with E-state index in [9.17, 15) is 0 Å². The second-order valence-electron chi connectivity index (χ2n) is 5.86. The summed E-state index contributed by atoms with van der Waals surface area (Å²) in [5.41, 5.74) is 2.97. The Bertz CT molecular complexity index is 354. The van der Waals surface area contributed by atoms with Crippen LogP contribution in [0.25, 0.3) is 0 Å². The lowest BCUT2D eigenvalue weighted by Crippen LogP contribution is -2.23. The van der Waals surface area contributed by atoms with Crippen LogP contribution in [0.15, 0.2) is 6.20 Å². The first kappa shape index (κ1) is 11.6. The standard InChI is InChI=1S/C13H23N3/c1-13(2,3)11-9-14-15(4)12(11)10-16-7-5-6-8-16/h9H,5-8,10H2,1-4H3. The smallest absolute Gasteiger partial charge is 0.0558 e. The zero-order chi connectivity index (χ0) is 11.8. The van der Waals surface area contributed by atoms with Crippen LogP contribution in [0.3, 0.4) is 0 Å². The van der Waals surface area contributed by atoms with E-state index in [2.05, 4.69) is 37.8 Å². The molecule has 90 valence electrons. The second kappa shape index (κ2) is 4.21. The number of likely N-dealkylation sites (tertiary alicyclic amines) is 1. The maximum Gasteiger partial charge on any atom is 0.0558 e. The average molecular weight is 221 g/mol. The highest BCUT2D eigenvalue weighted by Gasteiger charge is 2.23. The Hall–Kier alpha value is -0.830. The van der Waals surface area contributed by atoms with E-state index < -0.39 is 0 Å². The number of rotatable bonds is 2. The van der Waals surface area contributed by atoms with Crippen LogP contribution in [0.4, 0.5) is 0 Å². The van der Waals surface area contributed by atoms with E-state index in [1.807, 2.05) is 10.9 Å². The molecule has 1 fully saturated rings. The lowest BCUT2D eigenvalue weighted by Gasteiger charge is -2.22. The van der Waals surface area contributed by atoms with Gasteiger partial charge in [-0.25, -0.2) is 0 Å². The summed E-state index contributed by atoms with van der Waals surface area (Å²) in [7, 11) is 2.06. The van der Waals surface area contributed by atoms with E-state index in [4.69, 9.17) is 0 Å². The van der Waals surface area contributed by atoms with Gasteiger partial charge in [0.2, 0.25) is 0 Å². The lowest BCUT2D eigenvalue weighted by molar-refractivity contribution is 0.318. The van der Waals surface area contributed by atoms with Crippen molar-refractivity contribution in [3.8, 4) is 0 Å². The minimum atomic E-state index is 0.198. The van der Waals surface area contributed by atoms with Gasteiger partial charge in [0.1, 0.15) is 0 Å². The topological polar surface area (TPSA) is 21.1 Å². The first-order valence-corrected chi connectivity index (χ1v) is 6.22. The van der Waals surface area contributed by atoms with Crippen LogP contribution in [0, 0.1) is 0 Å². The van der Waals surface area contributed by atoms with E-state index in [1.54, 1.807) is 0 Å². The Morgan fingerprint density at radius 2 is 1.88 bits per heavy atom. The molecule has 0 spiro atoms. The van der Waals surface area contributed by atoms with E-state index in [1.165, 1.54) is 37.2 Å². The fourth-order valence-electron chi connectivity index (χ4n) is 2.43. The molecule has 3 heteroatoms. The third-order valence-electron chi connectivity index (χ3n) is 3.44. The first-order chi connectivity index (χ1) is 7.48. The van der Waals surface area contributed by atoms with Crippen LogP contribution in [-0.2, 0) is 19.0 Å². The average Bonchev–Trinajstić information content (AvgIpc) is 2.76. The molecule has 0 aliphatic carbocycles. The molecule has 3 nitrogen and oxygen atoms in total. The fraction of sp³-hybridized carbons (Fsp3) is 0.769. The van der Waals surface area contributed by atoms with Crippen LogP contribution in [0.5, 0.6) is 0 Å². The highest BCUT2D eigenvalue weighted by atomic mass is 15.3. The van der Waals surface area contributed by atoms with Crippen molar-refractivity contribution in [3.05, 3.63) is 17.5 Å². The lowest BCUT2D eigenvalue weighted by atomic mass is 9.87. The minimum Gasteiger partial charge on any atom is -0.298 e. The zero-order valence-electron chi connectivity index (χ0n) is 11.0. The van der Waals surface area contributed by atoms with Crippen molar-refractivity contribution >= 4 is 0 Å². The number of aromatic nitrogens is 2. The van der Waals surface area contributed by atoms with Gasteiger partial charge in [0.25, 0.3) is 0 Å². The van der Waals surface area contributed by atoms with Gasteiger partial charge in [-0.3, -0.25) is 9.58 Å². The zero-order valence-corrected chi connectivity index (χ0v) is 11.0. The Labute approximate surface area is 98.4 Å². The summed E-state index contributed by atoms with van der Waals surface area (Å²) >= 11 is 0. The van der Waals surface area contributed by atoms with Gasteiger partial charge in [-0.15, -0.1) is 0 Å². The molecule has 0 N–H and O–H groups in total. The van der Waals surface area contributed by atoms with Gasteiger partial charge in [-0.05, 0) is 36.9 Å². The SMILES string of the molecule is Cn1ncc(C(C)(C)C)c1CN1CCCC1. The Balaban J connectivity index is 2.21. The Morgan fingerprint density at radius 1 is 1.25 bits per heavy atom. The number of nitrogens with zero attached hydrogens (tertiary/aromatic N) is 3. The third-order valence-corrected chi connectivity index (χ3v) is 3.44. The quantitative estimate of drug-likeness (QED) is 0.764. The van der Waals surface area contributed by atoms with Crippen molar-refractivity contribution in [1.29, 1.82) is 0 Å². The third kappa shape index (κ3) is 2.29. The van der Waals surface area contributed by atoms with Crippen LogP contribution in [0.1, 0.15) is 44.9 Å². The largest absolute Gasteiger partial charge is 0.298 e. The molecule has 2 heterocycles. The Morgan fingerprint density at radius 3 is 2.44 bits per heavy atom. The number of aryl methyl sites for hydroxylation is 1. The van der Waals surface area contributed by atoms with Gasteiger partial charge in [0.05, 0.1) is 11.9 Å². The molecular weight excluding hydrogens is 198 g/mol. The molecule has 0 aromatic carbocycles. The number of hydrogen-bond acceptors (Lipinski definition) is 2. The minimum absolute atomic E-state index is 0.198. The highest BCUT2D eigenvalue weighted by molar-refractivity contribution is 5.25. The van der Waals surface area contributed by atoms with Crippen molar-refractivity contribution in [3.63, 3.8) is 0 Å². The molecule has 0 amide bonds. The van der Waals surface area contributed by atoms with E-state index in [0.717, 1.165) is 6.54 Å². The maximum atomic E-state index is 4.42. The van der Waals surface area contributed by atoms with Crippen molar-refractivity contribution < 1.29 is 0 Å².